The van der Waals surface area contributed by atoms with Crippen LogP contribution in [0, 0.1) is 0 Å². The number of nitrogens with zero attached hydrogens (tertiary/aromatic N) is 1. The molecule has 108 valence electrons. The zero-order valence-electron chi connectivity index (χ0n) is 10.7. The van der Waals surface area contributed by atoms with Crippen molar-refractivity contribution in [2.75, 3.05) is 13.2 Å². The summed E-state index contributed by atoms with van der Waals surface area (Å²) in [7, 11) is 0. The first kappa shape index (κ1) is 14.7. The normalized spacial score (nSPS) is 21.8. The van der Waals surface area contributed by atoms with Gasteiger partial charge in [0.05, 0.1) is 6.10 Å². The molecule has 0 amide bonds. The van der Waals surface area contributed by atoms with Crippen LogP contribution in [-0.4, -0.2) is 24.2 Å². The zero-order chi connectivity index (χ0) is 13.9. The first-order chi connectivity index (χ1) is 9.00. The number of rotatable bonds is 5. The van der Waals surface area contributed by atoms with Crippen LogP contribution in [0.3, 0.4) is 0 Å². The molecule has 1 aliphatic heterocycles. The van der Waals surface area contributed by atoms with Crippen LogP contribution in [-0.2, 0) is 10.9 Å². The van der Waals surface area contributed by atoms with Gasteiger partial charge in [0.25, 0.3) is 0 Å². The molecule has 1 N–H and O–H groups in total. The second-order valence-corrected chi connectivity index (χ2v) is 5.61. The van der Waals surface area contributed by atoms with E-state index in [-0.39, 0.29) is 12.1 Å². The third-order valence-electron chi connectivity index (χ3n) is 3.08. The SMILES string of the molecule is CCNC(CC1CCCO1)c1cnc(C(F)(F)F)s1. The molecule has 1 aromatic heterocycles. The van der Waals surface area contributed by atoms with Crippen molar-refractivity contribution >= 4 is 11.3 Å². The van der Waals surface area contributed by atoms with Gasteiger partial charge in [0.2, 0.25) is 0 Å². The standard InChI is InChI=1S/C12H17F3N2OS/c1-2-16-9(6-8-4-3-5-18-8)10-7-17-11(19-10)12(13,14)15/h7-9,16H,2-6H2,1H3. The molecule has 1 aliphatic rings. The molecule has 0 bridgehead atoms. The van der Waals surface area contributed by atoms with Crippen molar-refractivity contribution in [3.05, 3.63) is 16.1 Å². The van der Waals surface area contributed by atoms with Crippen LogP contribution in [0.1, 0.15) is 42.1 Å². The Bertz CT molecular complexity index is 402. The number of alkyl halides is 3. The van der Waals surface area contributed by atoms with Crippen LogP contribution in [0.15, 0.2) is 6.20 Å². The summed E-state index contributed by atoms with van der Waals surface area (Å²) >= 11 is 0.717. The van der Waals surface area contributed by atoms with Crippen LogP contribution in [0.2, 0.25) is 0 Å². The van der Waals surface area contributed by atoms with Crippen LogP contribution in [0.5, 0.6) is 0 Å². The van der Waals surface area contributed by atoms with E-state index in [1.165, 1.54) is 6.20 Å². The summed E-state index contributed by atoms with van der Waals surface area (Å²) in [5.41, 5.74) is 0. The van der Waals surface area contributed by atoms with Gasteiger partial charge in [-0.3, -0.25) is 0 Å². The summed E-state index contributed by atoms with van der Waals surface area (Å²) < 4.78 is 43.2. The van der Waals surface area contributed by atoms with Gasteiger partial charge in [-0.15, -0.1) is 11.3 Å². The van der Waals surface area contributed by atoms with E-state index < -0.39 is 11.2 Å². The molecule has 1 aromatic rings. The summed E-state index contributed by atoms with van der Waals surface area (Å²) in [4.78, 5) is 4.11. The van der Waals surface area contributed by atoms with E-state index in [1.54, 1.807) is 0 Å². The monoisotopic (exact) mass is 294 g/mol. The second-order valence-electron chi connectivity index (χ2n) is 4.55. The molecule has 0 saturated carbocycles. The Morgan fingerprint density at radius 2 is 2.37 bits per heavy atom. The molecule has 0 aliphatic carbocycles. The quantitative estimate of drug-likeness (QED) is 0.904. The molecule has 2 unspecified atom stereocenters. The number of thiazole rings is 1. The third-order valence-corrected chi connectivity index (χ3v) is 4.24. The highest BCUT2D eigenvalue weighted by Crippen LogP contribution is 2.36. The fourth-order valence-corrected chi connectivity index (χ4v) is 3.09. The van der Waals surface area contributed by atoms with E-state index >= 15 is 0 Å². The Balaban J connectivity index is 2.07. The van der Waals surface area contributed by atoms with E-state index in [2.05, 4.69) is 10.3 Å². The number of hydrogen-bond acceptors (Lipinski definition) is 4. The minimum atomic E-state index is -4.36. The van der Waals surface area contributed by atoms with Gasteiger partial charge in [-0.25, -0.2) is 4.98 Å². The fourth-order valence-electron chi connectivity index (χ4n) is 2.22. The first-order valence-corrected chi connectivity index (χ1v) is 7.20. The van der Waals surface area contributed by atoms with Crippen molar-refractivity contribution in [1.29, 1.82) is 0 Å². The first-order valence-electron chi connectivity index (χ1n) is 6.38. The predicted octanol–water partition coefficient (Wildman–Crippen LogP) is 3.38. The fraction of sp³-hybridized carbons (Fsp3) is 0.750. The molecule has 7 heteroatoms. The summed E-state index contributed by atoms with van der Waals surface area (Å²) in [5.74, 6) is 0. The molecule has 0 radical (unpaired) electrons. The average Bonchev–Trinajstić information content (AvgIpc) is 2.98. The number of hydrogen-bond donors (Lipinski definition) is 1. The zero-order valence-corrected chi connectivity index (χ0v) is 11.5. The third kappa shape index (κ3) is 3.90. The predicted molar refractivity (Wildman–Crippen MR) is 67.1 cm³/mol. The Hall–Kier alpha value is -0.660. The summed E-state index contributed by atoms with van der Waals surface area (Å²) in [6.45, 7) is 3.39. The highest BCUT2D eigenvalue weighted by molar-refractivity contribution is 7.11. The van der Waals surface area contributed by atoms with Crippen LogP contribution in [0.25, 0.3) is 0 Å². The smallest absolute Gasteiger partial charge is 0.378 e. The van der Waals surface area contributed by atoms with E-state index in [1.807, 2.05) is 6.92 Å². The van der Waals surface area contributed by atoms with Crippen molar-refractivity contribution in [2.24, 2.45) is 0 Å². The highest BCUT2D eigenvalue weighted by Gasteiger charge is 2.35. The molecule has 3 nitrogen and oxygen atoms in total. The molecular formula is C12H17F3N2OS. The Morgan fingerprint density at radius 1 is 1.58 bits per heavy atom. The van der Waals surface area contributed by atoms with Gasteiger partial charge in [-0.05, 0) is 25.8 Å². The Labute approximate surface area is 114 Å². The number of nitrogens with one attached hydrogen (secondary N) is 1. The molecule has 2 rings (SSSR count). The van der Waals surface area contributed by atoms with Crippen LogP contribution >= 0.6 is 11.3 Å². The van der Waals surface area contributed by atoms with Crippen molar-refractivity contribution < 1.29 is 17.9 Å². The minimum Gasteiger partial charge on any atom is -0.378 e. The molecule has 2 heterocycles. The van der Waals surface area contributed by atoms with Crippen molar-refractivity contribution in [2.45, 2.75) is 44.5 Å². The van der Waals surface area contributed by atoms with E-state index in [0.29, 0.717) is 17.8 Å². The van der Waals surface area contributed by atoms with Crippen molar-refractivity contribution in [3.63, 3.8) is 0 Å². The Morgan fingerprint density at radius 3 is 2.89 bits per heavy atom. The van der Waals surface area contributed by atoms with Crippen LogP contribution in [0.4, 0.5) is 13.2 Å². The molecule has 0 aromatic carbocycles. The summed E-state index contributed by atoms with van der Waals surface area (Å²) in [5, 5.41) is 2.43. The topological polar surface area (TPSA) is 34.1 Å². The lowest BCUT2D eigenvalue weighted by atomic mass is 10.1. The van der Waals surface area contributed by atoms with Crippen molar-refractivity contribution in [1.82, 2.24) is 10.3 Å². The van der Waals surface area contributed by atoms with Gasteiger partial charge in [0.15, 0.2) is 5.01 Å². The highest BCUT2D eigenvalue weighted by atomic mass is 32.1. The molecule has 1 saturated heterocycles. The molecule has 2 atom stereocenters. The summed E-state index contributed by atoms with van der Waals surface area (Å²) in [6.07, 6.45) is -0.181. The van der Waals surface area contributed by atoms with Gasteiger partial charge >= 0.3 is 6.18 Å². The van der Waals surface area contributed by atoms with Gasteiger partial charge in [0.1, 0.15) is 0 Å². The maximum Gasteiger partial charge on any atom is 0.443 e. The lowest BCUT2D eigenvalue weighted by molar-refractivity contribution is -0.137. The van der Waals surface area contributed by atoms with Crippen LogP contribution < -0.4 is 5.32 Å². The molecule has 19 heavy (non-hydrogen) atoms. The number of ether oxygens (including phenoxy) is 1. The maximum atomic E-state index is 12.6. The lowest BCUT2D eigenvalue weighted by Crippen LogP contribution is -2.24. The van der Waals surface area contributed by atoms with Crippen molar-refractivity contribution in [3.8, 4) is 0 Å². The van der Waals surface area contributed by atoms with Gasteiger partial charge in [-0.2, -0.15) is 13.2 Å². The van der Waals surface area contributed by atoms with E-state index in [0.717, 1.165) is 30.8 Å². The number of halogens is 3. The lowest BCUT2D eigenvalue weighted by Gasteiger charge is -2.19. The largest absolute Gasteiger partial charge is 0.443 e. The molecule has 1 fully saturated rings. The van der Waals surface area contributed by atoms with Gasteiger partial charge < -0.3 is 10.1 Å². The van der Waals surface area contributed by atoms with Gasteiger partial charge in [-0.1, -0.05) is 6.92 Å². The molecule has 0 spiro atoms. The Kier molecular flexibility index (Phi) is 4.81. The minimum absolute atomic E-state index is 0.110. The number of aromatic nitrogens is 1. The second kappa shape index (κ2) is 6.19. The average molecular weight is 294 g/mol. The molecular weight excluding hydrogens is 277 g/mol. The van der Waals surface area contributed by atoms with E-state index in [4.69, 9.17) is 4.74 Å². The summed E-state index contributed by atoms with van der Waals surface area (Å²) in [6, 6.07) is -0.110. The van der Waals surface area contributed by atoms with Gasteiger partial charge in [0, 0.05) is 23.7 Å². The maximum absolute atomic E-state index is 12.6. The van der Waals surface area contributed by atoms with E-state index in [9.17, 15) is 13.2 Å².